The fourth-order valence-corrected chi connectivity index (χ4v) is 2.25. The molecule has 106 valence electrons. The molecule has 0 aliphatic carbocycles. The van der Waals surface area contributed by atoms with Crippen LogP contribution in [0.1, 0.15) is 32.0 Å². The van der Waals surface area contributed by atoms with E-state index in [0.29, 0.717) is 5.88 Å². The van der Waals surface area contributed by atoms with Gasteiger partial charge in [-0.1, -0.05) is 26.8 Å². The number of pyridine rings is 1. The smallest absolute Gasteiger partial charge is 0.219 e. The minimum Gasteiger partial charge on any atom is -0.439 e. The Hall–Kier alpha value is -1.14. The van der Waals surface area contributed by atoms with Gasteiger partial charge in [-0.05, 0) is 52.4 Å². The van der Waals surface area contributed by atoms with Crippen LogP contribution in [0, 0.1) is 3.57 Å². The molecule has 4 heteroatoms. The Bertz CT molecular complexity index is 606. The maximum atomic E-state index is 9.38. The van der Waals surface area contributed by atoms with Gasteiger partial charge in [-0.3, -0.25) is 0 Å². The van der Waals surface area contributed by atoms with Crippen molar-refractivity contribution in [2.75, 3.05) is 0 Å². The Morgan fingerprint density at radius 2 is 1.95 bits per heavy atom. The first kappa shape index (κ1) is 15.3. The molecule has 2 aromatic rings. The molecule has 0 atom stereocenters. The molecule has 0 unspecified atom stereocenters. The Labute approximate surface area is 133 Å². The largest absolute Gasteiger partial charge is 0.439 e. The number of halogens is 1. The van der Waals surface area contributed by atoms with Crippen molar-refractivity contribution in [1.82, 2.24) is 4.98 Å². The normalized spacial score (nSPS) is 11.4. The van der Waals surface area contributed by atoms with Gasteiger partial charge in [0, 0.05) is 15.1 Å². The van der Waals surface area contributed by atoms with Crippen LogP contribution in [-0.2, 0) is 12.0 Å². The van der Waals surface area contributed by atoms with Crippen LogP contribution >= 0.6 is 22.6 Å². The van der Waals surface area contributed by atoms with Gasteiger partial charge in [-0.15, -0.1) is 0 Å². The van der Waals surface area contributed by atoms with Crippen LogP contribution in [0.4, 0.5) is 0 Å². The Kier molecular flexibility index (Phi) is 4.65. The maximum absolute atomic E-state index is 9.38. The molecule has 1 aromatic heterocycles. The van der Waals surface area contributed by atoms with Gasteiger partial charge < -0.3 is 9.84 Å². The van der Waals surface area contributed by atoms with E-state index in [1.54, 1.807) is 6.07 Å². The van der Waals surface area contributed by atoms with E-state index in [-0.39, 0.29) is 12.0 Å². The van der Waals surface area contributed by atoms with Crippen molar-refractivity contribution in [3.63, 3.8) is 0 Å². The van der Waals surface area contributed by atoms with Gasteiger partial charge in [0.25, 0.3) is 0 Å². The zero-order valence-electron chi connectivity index (χ0n) is 11.9. The van der Waals surface area contributed by atoms with E-state index in [0.717, 1.165) is 20.6 Å². The topological polar surface area (TPSA) is 42.4 Å². The second-order valence-electron chi connectivity index (χ2n) is 5.67. The molecule has 2 rings (SSSR count). The molecule has 1 aromatic carbocycles. The third kappa shape index (κ3) is 3.93. The van der Waals surface area contributed by atoms with E-state index in [9.17, 15) is 5.11 Å². The predicted octanol–water partition coefficient (Wildman–Crippen LogP) is 4.27. The standard InChI is InChI=1S/C16H18INO2/c1-16(2,3)14-7-11(10-19)8-15(18-14)20-13-6-4-5-12(17)9-13/h4-9,19H,10H2,1-3H3. The van der Waals surface area contributed by atoms with Crippen molar-refractivity contribution in [2.45, 2.75) is 32.8 Å². The summed E-state index contributed by atoms with van der Waals surface area (Å²) in [6.45, 7) is 6.25. The van der Waals surface area contributed by atoms with E-state index < -0.39 is 0 Å². The van der Waals surface area contributed by atoms with Crippen LogP contribution < -0.4 is 4.74 Å². The summed E-state index contributed by atoms with van der Waals surface area (Å²) in [5.74, 6) is 1.27. The summed E-state index contributed by atoms with van der Waals surface area (Å²) >= 11 is 2.24. The molecule has 0 saturated heterocycles. The zero-order chi connectivity index (χ0) is 14.8. The van der Waals surface area contributed by atoms with Crippen molar-refractivity contribution in [1.29, 1.82) is 0 Å². The molecular weight excluding hydrogens is 365 g/mol. The van der Waals surface area contributed by atoms with Gasteiger partial charge in [-0.25, -0.2) is 4.98 Å². The lowest BCUT2D eigenvalue weighted by atomic mass is 9.91. The number of ether oxygens (including phenoxy) is 1. The Balaban J connectivity index is 2.36. The SMILES string of the molecule is CC(C)(C)c1cc(CO)cc(Oc2cccc(I)c2)n1. The molecule has 1 N–H and O–H groups in total. The van der Waals surface area contributed by atoms with E-state index in [4.69, 9.17) is 4.74 Å². The van der Waals surface area contributed by atoms with Gasteiger partial charge in [-0.2, -0.15) is 0 Å². The van der Waals surface area contributed by atoms with Crippen molar-refractivity contribution in [3.05, 3.63) is 51.2 Å². The molecule has 0 saturated carbocycles. The predicted molar refractivity (Wildman–Crippen MR) is 88.1 cm³/mol. The second-order valence-corrected chi connectivity index (χ2v) is 6.91. The van der Waals surface area contributed by atoms with Crippen molar-refractivity contribution in [2.24, 2.45) is 0 Å². The van der Waals surface area contributed by atoms with Crippen LogP contribution in [0.15, 0.2) is 36.4 Å². The van der Waals surface area contributed by atoms with Crippen LogP contribution in [0.25, 0.3) is 0 Å². The van der Waals surface area contributed by atoms with Crippen molar-refractivity contribution >= 4 is 22.6 Å². The van der Waals surface area contributed by atoms with Gasteiger partial charge in [0.15, 0.2) is 0 Å². The molecule has 0 aliphatic heterocycles. The average molecular weight is 383 g/mol. The summed E-state index contributed by atoms with van der Waals surface area (Å²) in [7, 11) is 0. The van der Waals surface area contributed by atoms with Gasteiger partial charge in [0.1, 0.15) is 5.75 Å². The maximum Gasteiger partial charge on any atom is 0.219 e. The number of hydrogen-bond acceptors (Lipinski definition) is 3. The average Bonchev–Trinajstić information content (AvgIpc) is 2.37. The molecule has 0 fully saturated rings. The van der Waals surface area contributed by atoms with E-state index >= 15 is 0 Å². The van der Waals surface area contributed by atoms with Crippen LogP contribution in [0.2, 0.25) is 0 Å². The highest BCUT2D eigenvalue weighted by molar-refractivity contribution is 14.1. The van der Waals surface area contributed by atoms with E-state index in [1.807, 2.05) is 30.3 Å². The first-order valence-corrected chi connectivity index (χ1v) is 7.52. The summed E-state index contributed by atoms with van der Waals surface area (Å²) in [5, 5.41) is 9.38. The molecule has 0 aliphatic rings. The highest BCUT2D eigenvalue weighted by atomic mass is 127. The summed E-state index contributed by atoms with van der Waals surface area (Å²) in [4.78, 5) is 4.54. The highest BCUT2D eigenvalue weighted by Crippen LogP contribution is 2.27. The molecular formula is C16H18INO2. The molecule has 0 amide bonds. The second kappa shape index (κ2) is 6.10. The summed E-state index contributed by atoms with van der Waals surface area (Å²) in [6.07, 6.45) is 0. The number of benzene rings is 1. The fraction of sp³-hybridized carbons (Fsp3) is 0.312. The van der Waals surface area contributed by atoms with Crippen molar-refractivity contribution < 1.29 is 9.84 Å². The minimum atomic E-state index is -0.0889. The Morgan fingerprint density at radius 3 is 2.55 bits per heavy atom. The number of aromatic nitrogens is 1. The lowest BCUT2D eigenvalue weighted by Gasteiger charge is -2.19. The Morgan fingerprint density at radius 1 is 1.20 bits per heavy atom. The number of rotatable bonds is 3. The van der Waals surface area contributed by atoms with E-state index in [1.165, 1.54) is 0 Å². The zero-order valence-corrected chi connectivity index (χ0v) is 14.0. The first-order chi connectivity index (χ1) is 9.38. The number of aliphatic hydroxyl groups excluding tert-OH is 1. The quantitative estimate of drug-likeness (QED) is 0.806. The molecule has 0 spiro atoms. The third-order valence-corrected chi connectivity index (χ3v) is 3.50. The third-order valence-electron chi connectivity index (χ3n) is 2.83. The molecule has 0 radical (unpaired) electrons. The molecule has 0 bridgehead atoms. The van der Waals surface area contributed by atoms with Gasteiger partial charge in [0.2, 0.25) is 5.88 Å². The van der Waals surface area contributed by atoms with Gasteiger partial charge >= 0.3 is 0 Å². The number of nitrogens with zero attached hydrogens (tertiary/aromatic N) is 1. The van der Waals surface area contributed by atoms with Crippen LogP contribution in [-0.4, -0.2) is 10.1 Å². The van der Waals surface area contributed by atoms with Crippen LogP contribution in [0.5, 0.6) is 11.6 Å². The number of hydrogen-bond donors (Lipinski definition) is 1. The molecule has 20 heavy (non-hydrogen) atoms. The number of aliphatic hydroxyl groups is 1. The lowest BCUT2D eigenvalue weighted by Crippen LogP contribution is -2.14. The monoisotopic (exact) mass is 383 g/mol. The van der Waals surface area contributed by atoms with E-state index in [2.05, 4.69) is 48.3 Å². The summed E-state index contributed by atoms with van der Waals surface area (Å²) in [6, 6.07) is 11.5. The lowest BCUT2D eigenvalue weighted by molar-refractivity contribution is 0.280. The summed E-state index contributed by atoms with van der Waals surface area (Å²) < 4.78 is 6.92. The molecule has 1 heterocycles. The summed E-state index contributed by atoms with van der Waals surface area (Å²) in [5.41, 5.74) is 1.63. The first-order valence-electron chi connectivity index (χ1n) is 6.44. The molecule has 3 nitrogen and oxygen atoms in total. The van der Waals surface area contributed by atoms with Crippen molar-refractivity contribution in [3.8, 4) is 11.6 Å². The van der Waals surface area contributed by atoms with Crippen LogP contribution in [0.3, 0.4) is 0 Å². The minimum absolute atomic E-state index is 0.0196. The fourth-order valence-electron chi connectivity index (χ4n) is 1.74. The van der Waals surface area contributed by atoms with Gasteiger partial charge in [0.05, 0.1) is 12.3 Å². The highest BCUT2D eigenvalue weighted by Gasteiger charge is 2.17.